The molecule has 0 aliphatic carbocycles. The Morgan fingerprint density at radius 3 is 2.60 bits per heavy atom. The first-order valence-corrected chi connectivity index (χ1v) is 10.4. The summed E-state index contributed by atoms with van der Waals surface area (Å²) in [7, 11) is 0. The highest BCUT2D eigenvalue weighted by Crippen LogP contribution is 2.41. The molecule has 0 spiro atoms. The van der Waals surface area contributed by atoms with Crippen LogP contribution in [-0.4, -0.2) is 39.6 Å². The van der Waals surface area contributed by atoms with Crippen LogP contribution in [0.25, 0.3) is 11.0 Å². The molecule has 2 aromatic heterocycles. The molecule has 7 nitrogen and oxygen atoms in total. The molecule has 0 unspecified atom stereocenters. The van der Waals surface area contributed by atoms with Gasteiger partial charge in [-0.1, -0.05) is 26.0 Å². The molecule has 0 fully saturated rings. The summed E-state index contributed by atoms with van der Waals surface area (Å²) in [6, 6.07) is 10.9. The van der Waals surface area contributed by atoms with E-state index < -0.39 is 17.9 Å². The summed E-state index contributed by atoms with van der Waals surface area (Å²) in [5, 5.41) is 0. The Hall–Kier alpha value is -3.22. The second kappa shape index (κ2) is 8.26. The van der Waals surface area contributed by atoms with Gasteiger partial charge in [-0.2, -0.15) is 0 Å². The van der Waals surface area contributed by atoms with Crippen molar-refractivity contribution in [3.8, 4) is 0 Å². The minimum atomic E-state index is -0.982. The number of amides is 1. The number of anilines is 1. The van der Waals surface area contributed by atoms with Gasteiger partial charge in [0.05, 0.1) is 23.7 Å². The topological polar surface area (TPSA) is 77.3 Å². The van der Waals surface area contributed by atoms with Crippen LogP contribution in [-0.2, 0) is 14.3 Å². The van der Waals surface area contributed by atoms with Crippen molar-refractivity contribution >= 4 is 28.9 Å². The molecule has 7 heteroatoms. The van der Waals surface area contributed by atoms with Crippen LogP contribution < -0.4 is 4.90 Å². The largest absolute Gasteiger partial charge is 0.465 e. The molecular formula is C23H26N4O3. The first-order chi connectivity index (χ1) is 14.5. The zero-order valence-electron chi connectivity index (χ0n) is 17.5. The average molecular weight is 406 g/mol. The Kier molecular flexibility index (Phi) is 5.53. The van der Waals surface area contributed by atoms with Crippen LogP contribution in [0, 0.1) is 11.8 Å². The molecular weight excluding hydrogens is 380 g/mol. The van der Waals surface area contributed by atoms with E-state index in [1.807, 2.05) is 41.0 Å². The second-order valence-electron chi connectivity index (χ2n) is 7.90. The fourth-order valence-corrected chi connectivity index (χ4v) is 4.01. The zero-order chi connectivity index (χ0) is 21.3. The number of hydrogen-bond donors (Lipinski definition) is 0. The van der Waals surface area contributed by atoms with Gasteiger partial charge in [0, 0.05) is 18.9 Å². The predicted molar refractivity (Wildman–Crippen MR) is 114 cm³/mol. The monoisotopic (exact) mass is 406 g/mol. The molecule has 1 aliphatic rings. The molecule has 156 valence electrons. The summed E-state index contributed by atoms with van der Waals surface area (Å²) in [4.78, 5) is 37.2. The number of aromatic nitrogens is 3. The van der Waals surface area contributed by atoms with Crippen molar-refractivity contribution < 1.29 is 14.3 Å². The van der Waals surface area contributed by atoms with E-state index in [9.17, 15) is 9.59 Å². The smallest absolute Gasteiger partial charge is 0.321 e. The highest BCUT2D eigenvalue weighted by atomic mass is 16.5. The van der Waals surface area contributed by atoms with Crippen molar-refractivity contribution in [1.82, 2.24) is 14.5 Å². The van der Waals surface area contributed by atoms with Gasteiger partial charge in [-0.25, -0.2) is 4.98 Å². The molecule has 0 N–H and O–H groups in total. The number of carbonyl (C=O) groups excluding carboxylic acids is 2. The van der Waals surface area contributed by atoms with E-state index in [2.05, 4.69) is 18.8 Å². The van der Waals surface area contributed by atoms with Crippen LogP contribution in [0.15, 0.2) is 48.8 Å². The number of rotatable bonds is 6. The fraction of sp³-hybridized carbons (Fsp3) is 0.391. The lowest BCUT2D eigenvalue weighted by molar-refractivity contribution is -0.153. The summed E-state index contributed by atoms with van der Waals surface area (Å²) >= 11 is 0. The normalized spacial score (nSPS) is 18.7. The molecule has 0 radical (unpaired) electrons. The number of carbonyl (C=O) groups is 2. The Labute approximate surface area is 175 Å². The summed E-state index contributed by atoms with van der Waals surface area (Å²) < 4.78 is 7.35. The van der Waals surface area contributed by atoms with Gasteiger partial charge in [-0.05, 0) is 49.1 Å². The van der Waals surface area contributed by atoms with Crippen molar-refractivity contribution in [2.45, 2.75) is 33.2 Å². The van der Waals surface area contributed by atoms with Gasteiger partial charge in [-0.3, -0.25) is 19.5 Å². The van der Waals surface area contributed by atoms with Gasteiger partial charge in [-0.15, -0.1) is 0 Å². The highest BCUT2D eigenvalue weighted by molar-refractivity contribution is 6.08. The molecule has 30 heavy (non-hydrogen) atoms. The van der Waals surface area contributed by atoms with Gasteiger partial charge in [0.25, 0.3) is 0 Å². The number of imidazole rings is 1. The van der Waals surface area contributed by atoms with Crippen LogP contribution in [0.1, 0.15) is 38.8 Å². The summed E-state index contributed by atoms with van der Waals surface area (Å²) in [5.74, 6) is -0.774. The van der Waals surface area contributed by atoms with Gasteiger partial charge >= 0.3 is 5.97 Å². The molecule has 2 atom stereocenters. The van der Waals surface area contributed by atoms with Crippen molar-refractivity contribution in [3.63, 3.8) is 0 Å². The Morgan fingerprint density at radius 2 is 1.90 bits per heavy atom. The molecule has 1 aliphatic heterocycles. The maximum absolute atomic E-state index is 13.6. The number of benzene rings is 1. The Bertz CT molecular complexity index is 1060. The average Bonchev–Trinajstić information content (AvgIpc) is 3.12. The van der Waals surface area contributed by atoms with Crippen molar-refractivity contribution in [3.05, 3.63) is 54.4 Å². The first-order valence-electron chi connectivity index (χ1n) is 10.4. The van der Waals surface area contributed by atoms with Gasteiger partial charge in [0.1, 0.15) is 0 Å². The lowest BCUT2D eigenvalue weighted by Crippen LogP contribution is -2.50. The van der Waals surface area contributed by atoms with E-state index in [1.54, 1.807) is 24.2 Å². The second-order valence-corrected chi connectivity index (χ2v) is 7.90. The molecule has 1 amide bonds. The zero-order valence-corrected chi connectivity index (χ0v) is 17.5. The number of ether oxygens (including phenoxy) is 1. The van der Waals surface area contributed by atoms with Crippen molar-refractivity contribution in [1.29, 1.82) is 0 Å². The number of esters is 1. The molecule has 4 rings (SSSR count). The highest BCUT2D eigenvalue weighted by Gasteiger charge is 2.47. The van der Waals surface area contributed by atoms with Crippen molar-refractivity contribution in [2.75, 3.05) is 18.1 Å². The van der Waals surface area contributed by atoms with Gasteiger partial charge in [0.15, 0.2) is 5.92 Å². The van der Waals surface area contributed by atoms with Crippen LogP contribution in [0.3, 0.4) is 0 Å². The van der Waals surface area contributed by atoms with E-state index in [0.717, 1.165) is 23.0 Å². The molecule has 0 saturated heterocycles. The maximum Gasteiger partial charge on any atom is 0.321 e. The van der Waals surface area contributed by atoms with E-state index in [1.165, 1.54) is 0 Å². The fourth-order valence-electron chi connectivity index (χ4n) is 4.01. The summed E-state index contributed by atoms with van der Waals surface area (Å²) in [6.07, 6.45) is 4.16. The molecule has 1 aromatic carbocycles. The number of nitrogens with zero attached hydrogens (tertiary/aromatic N) is 4. The van der Waals surface area contributed by atoms with E-state index in [4.69, 9.17) is 9.72 Å². The number of hydrogen-bond acceptors (Lipinski definition) is 5. The van der Waals surface area contributed by atoms with Gasteiger partial charge in [0.2, 0.25) is 11.9 Å². The van der Waals surface area contributed by atoms with E-state index in [-0.39, 0.29) is 12.5 Å². The minimum absolute atomic E-state index is 0.217. The maximum atomic E-state index is 13.6. The first kappa shape index (κ1) is 20.1. The van der Waals surface area contributed by atoms with E-state index >= 15 is 0 Å². The molecule has 0 saturated carbocycles. The number of pyridine rings is 1. The third kappa shape index (κ3) is 3.44. The third-order valence-corrected chi connectivity index (χ3v) is 5.46. The van der Waals surface area contributed by atoms with Crippen LogP contribution in [0.5, 0.6) is 0 Å². The molecule has 0 bridgehead atoms. The standard InChI is InChI=1S/C23H26N4O3/c1-4-30-22(29)19-20(16-9-12-24-13-10-16)27-18-8-6-5-7-17(18)25-23(27)26(21(19)28)14-11-15(2)3/h5-10,12-13,15,19-20H,4,11,14H2,1-3H3/t19-,20+/m1/s1. The van der Waals surface area contributed by atoms with Crippen molar-refractivity contribution in [2.24, 2.45) is 11.8 Å². The third-order valence-electron chi connectivity index (χ3n) is 5.46. The number of fused-ring (bicyclic) bond motifs is 3. The van der Waals surface area contributed by atoms with Gasteiger partial charge < -0.3 is 9.30 Å². The Balaban J connectivity index is 1.95. The summed E-state index contributed by atoms with van der Waals surface area (Å²) in [5.41, 5.74) is 2.49. The lowest BCUT2D eigenvalue weighted by atomic mass is 9.89. The number of para-hydroxylation sites is 2. The lowest BCUT2D eigenvalue weighted by Gasteiger charge is -2.38. The van der Waals surface area contributed by atoms with Crippen LogP contribution in [0.2, 0.25) is 0 Å². The van der Waals surface area contributed by atoms with E-state index in [0.29, 0.717) is 18.4 Å². The summed E-state index contributed by atoms with van der Waals surface area (Å²) in [6.45, 7) is 6.69. The van der Waals surface area contributed by atoms with Crippen LogP contribution >= 0.6 is 0 Å². The molecule has 3 heterocycles. The SMILES string of the molecule is CCOC(=O)[C@H]1C(=O)N(CCC(C)C)c2nc3ccccc3n2[C@H]1c1ccncc1. The molecule has 3 aromatic rings. The van der Waals surface area contributed by atoms with Crippen LogP contribution in [0.4, 0.5) is 5.95 Å². The Morgan fingerprint density at radius 1 is 1.17 bits per heavy atom. The predicted octanol–water partition coefficient (Wildman–Crippen LogP) is 3.59. The quantitative estimate of drug-likeness (QED) is 0.462. The minimum Gasteiger partial charge on any atom is -0.465 e.